The Balaban J connectivity index is 1.91. The number of aromatic hydroxyl groups is 1. The van der Waals surface area contributed by atoms with Crippen molar-refractivity contribution in [2.75, 3.05) is 7.11 Å². The summed E-state index contributed by atoms with van der Waals surface area (Å²) in [5.41, 5.74) is 0. The van der Waals surface area contributed by atoms with Gasteiger partial charge in [0.15, 0.2) is 17.3 Å². The standard InChI is InChI=1S/C15H15FO4S/c1-20-11-6-12-10(13(16)14(11)17)5-8(21-12)4-7-2-3-9(7)15(18)19/h5-7,9,17H,2-4H2,1H3,(H,18,19)/t7-,9+/m0/s1. The predicted octanol–water partition coefficient (Wildman–Crippen LogP) is 3.41. The average molecular weight is 310 g/mol. The van der Waals surface area contributed by atoms with E-state index in [0.29, 0.717) is 22.9 Å². The zero-order valence-corrected chi connectivity index (χ0v) is 12.2. The molecule has 0 aliphatic heterocycles. The number of carboxylic acid groups (broad SMARTS) is 1. The normalized spacial score (nSPS) is 21.2. The van der Waals surface area contributed by atoms with Gasteiger partial charge in [0.2, 0.25) is 0 Å². The molecule has 6 heteroatoms. The van der Waals surface area contributed by atoms with Crippen molar-refractivity contribution in [3.8, 4) is 11.5 Å². The summed E-state index contributed by atoms with van der Waals surface area (Å²) in [7, 11) is 1.38. The summed E-state index contributed by atoms with van der Waals surface area (Å²) >= 11 is 1.42. The number of phenols is 1. The van der Waals surface area contributed by atoms with Crippen LogP contribution in [-0.4, -0.2) is 23.3 Å². The van der Waals surface area contributed by atoms with Gasteiger partial charge in [-0.3, -0.25) is 4.79 Å². The van der Waals surface area contributed by atoms with Crippen LogP contribution in [0, 0.1) is 17.7 Å². The van der Waals surface area contributed by atoms with Crippen molar-refractivity contribution in [3.63, 3.8) is 0 Å². The molecule has 1 aromatic heterocycles. The van der Waals surface area contributed by atoms with Gasteiger partial charge in [0.1, 0.15) is 0 Å². The molecular formula is C15H15FO4S. The summed E-state index contributed by atoms with van der Waals surface area (Å²) in [6.45, 7) is 0. The molecule has 2 aromatic rings. The van der Waals surface area contributed by atoms with E-state index in [-0.39, 0.29) is 17.6 Å². The van der Waals surface area contributed by atoms with E-state index in [2.05, 4.69) is 0 Å². The van der Waals surface area contributed by atoms with Gasteiger partial charge in [0.05, 0.1) is 13.0 Å². The van der Waals surface area contributed by atoms with Crippen molar-refractivity contribution >= 4 is 27.4 Å². The van der Waals surface area contributed by atoms with Crippen molar-refractivity contribution in [1.82, 2.24) is 0 Å². The number of halogens is 1. The van der Waals surface area contributed by atoms with Crippen LogP contribution in [0.2, 0.25) is 0 Å². The summed E-state index contributed by atoms with van der Waals surface area (Å²) in [6, 6.07) is 3.31. The van der Waals surface area contributed by atoms with Gasteiger partial charge in [0, 0.05) is 21.0 Å². The van der Waals surface area contributed by atoms with Gasteiger partial charge in [-0.1, -0.05) is 0 Å². The second-order valence-electron chi connectivity index (χ2n) is 5.35. The van der Waals surface area contributed by atoms with E-state index in [1.807, 2.05) is 0 Å². The topological polar surface area (TPSA) is 66.8 Å². The number of phenolic OH excluding ortho intramolecular Hbond substituents is 1. The number of carbonyl (C=O) groups is 1. The summed E-state index contributed by atoms with van der Waals surface area (Å²) in [5, 5.41) is 19.1. The predicted molar refractivity (Wildman–Crippen MR) is 77.6 cm³/mol. The van der Waals surface area contributed by atoms with Crippen LogP contribution in [0.5, 0.6) is 11.5 Å². The maximum Gasteiger partial charge on any atom is 0.306 e. The Morgan fingerprint density at radius 3 is 2.81 bits per heavy atom. The Morgan fingerprint density at radius 1 is 1.48 bits per heavy atom. The molecule has 0 saturated heterocycles. The van der Waals surface area contributed by atoms with Crippen molar-refractivity contribution in [2.45, 2.75) is 19.3 Å². The van der Waals surface area contributed by atoms with Crippen LogP contribution in [-0.2, 0) is 11.2 Å². The molecule has 1 aliphatic rings. The molecule has 1 aromatic carbocycles. The first-order valence-electron chi connectivity index (χ1n) is 6.72. The van der Waals surface area contributed by atoms with E-state index in [9.17, 15) is 14.3 Å². The number of benzene rings is 1. The second kappa shape index (κ2) is 5.18. The third-order valence-corrected chi connectivity index (χ3v) is 5.27. The van der Waals surface area contributed by atoms with Crippen molar-refractivity contribution in [2.24, 2.45) is 11.8 Å². The molecular weight excluding hydrogens is 295 g/mol. The van der Waals surface area contributed by atoms with Gasteiger partial charge >= 0.3 is 5.97 Å². The number of methoxy groups -OCH3 is 1. The fraction of sp³-hybridized carbons (Fsp3) is 0.400. The molecule has 0 spiro atoms. The third-order valence-electron chi connectivity index (χ3n) is 4.17. The molecule has 1 aliphatic carbocycles. The van der Waals surface area contributed by atoms with E-state index in [1.165, 1.54) is 18.4 Å². The average Bonchev–Trinajstić information content (AvgIpc) is 2.81. The third kappa shape index (κ3) is 2.33. The van der Waals surface area contributed by atoms with Crippen LogP contribution >= 0.6 is 11.3 Å². The van der Waals surface area contributed by atoms with Gasteiger partial charge < -0.3 is 14.9 Å². The molecule has 1 saturated carbocycles. The van der Waals surface area contributed by atoms with E-state index in [0.717, 1.165) is 11.3 Å². The first-order valence-corrected chi connectivity index (χ1v) is 7.53. The summed E-state index contributed by atoms with van der Waals surface area (Å²) in [4.78, 5) is 12.0. The Morgan fingerprint density at radius 2 is 2.24 bits per heavy atom. The van der Waals surface area contributed by atoms with E-state index >= 15 is 0 Å². The summed E-state index contributed by atoms with van der Waals surface area (Å²) < 4.78 is 19.7. The van der Waals surface area contributed by atoms with Crippen LogP contribution in [0.3, 0.4) is 0 Å². The maximum atomic E-state index is 14.1. The molecule has 0 amide bonds. The highest BCUT2D eigenvalue weighted by atomic mass is 32.1. The minimum Gasteiger partial charge on any atom is -0.502 e. The SMILES string of the molecule is COc1cc2sc(C[C@@H]3CC[C@H]3C(=O)O)cc2c(F)c1O. The molecule has 3 rings (SSSR count). The number of ether oxygens (including phenoxy) is 1. The van der Waals surface area contributed by atoms with E-state index in [4.69, 9.17) is 9.84 Å². The lowest BCUT2D eigenvalue weighted by Crippen LogP contribution is -2.33. The lowest BCUT2D eigenvalue weighted by Gasteiger charge is -2.32. The smallest absolute Gasteiger partial charge is 0.306 e. The summed E-state index contributed by atoms with van der Waals surface area (Å²) in [5.74, 6) is -1.98. The highest BCUT2D eigenvalue weighted by Gasteiger charge is 2.36. The minimum atomic E-state index is -0.752. The highest BCUT2D eigenvalue weighted by Crippen LogP contribution is 2.42. The number of carboxylic acids is 1. The molecule has 0 bridgehead atoms. The molecule has 2 N–H and O–H groups in total. The minimum absolute atomic E-state index is 0.112. The van der Waals surface area contributed by atoms with E-state index in [1.54, 1.807) is 12.1 Å². The number of hydrogen-bond donors (Lipinski definition) is 2. The molecule has 0 radical (unpaired) electrons. The van der Waals surface area contributed by atoms with Crippen molar-refractivity contribution < 1.29 is 24.1 Å². The van der Waals surface area contributed by atoms with Crippen LogP contribution in [0.1, 0.15) is 17.7 Å². The van der Waals surface area contributed by atoms with Gasteiger partial charge in [0.25, 0.3) is 0 Å². The maximum absolute atomic E-state index is 14.1. The van der Waals surface area contributed by atoms with Gasteiger partial charge in [-0.25, -0.2) is 4.39 Å². The molecule has 0 unspecified atom stereocenters. The Labute approximate surface area is 124 Å². The molecule has 2 atom stereocenters. The van der Waals surface area contributed by atoms with Gasteiger partial charge in [-0.15, -0.1) is 11.3 Å². The fourth-order valence-electron chi connectivity index (χ4n) is 2.81. The number of aliphatic carboxylic acids is 1. The lowest BCUT2D eigenvalue weighted by molar-refractivity contribution is -0.147. The van der Waals surface area contributed by atoms with Gasteiger partial charge in [-0.2, -0.15) is 0 Å². The second-order valence-corrected chi connectivity index (χ2v) is 6.52. The van der Waals surface area contributed by atoms with Crippen LogP contribution in [0.4, 0.5) is 4.39 Å². The molecule has 1 fully saturated rings. The van der Waals surface area contributed by atoms with Crippen LogP contribution in [0.15, 0.2) is 12.1 Å². The largest absolute Gasteiger partial charge is 0.502 e. The van der Waals surface area contributed by atoms with Crippen molar-refractivity contribution in [1.29, 1.82) is 0 Å². The molecule has 21 heavy (non-hydrogen) atoms. The Kier molecular flexibility index (Phi) is 3.49. The first-order chi connectivity index (χ1) is 10.0. The monoisotopic (exact) mass is 310 g/mol. The zero-order chi connectivity index (χ0) is 15.1. The number of hydrogen-bond acceptors (Lipinski definition) is 4. The quantitative estimate of drug-likeness (QED) is 0.908. The first kappa shape index (κ1) is 14.1. The van der Waals surface area contributed by atoms with Crippen LogP contribution in [0.25, 0.3) is 10.1 Å². The van der Waals surface area contributed by atoms with Crippen LogP contribution < -0.4 is 4.74 Å². The number of rotatable bonds is 4. The molecule has 1 heterocycles. The summed E-state index contributed by atoms with van der Waals surface area (Å²) in [6.07, 6.45) is 2.25. The molecule has 4 nitrogen and oxygen atoms in total. The van der Waals surface area contributed by atoms with Crippen molar-refractivity contribution in [3.05, 3.63) is 22.8 Å². The number of thiophene rings is 1. The van der Waals surface area contributed by atoms with Gasteiger partial charge in [-0.05, 0) is 31.2 Å². The Bertz CT molecular complexity index is 709. The number of fused-ring (bicyclic) bond motifs is 1. The zero-order valence-electron chi connectivity index (χ0n) is 11.4. The molecule has 112 valence electrons. The highest BCUT2D eigenvalue weighted by molar-refractivity contribution is 7.19. The fourth-order valence-corrected chi connectivity index (χ4v) is 3.99. The van der Waals surface area contributed by atoms with E-state index < -0.39 is 17.5 Å². The lowest BCUT2D eigenvalue weighted by atomic mass is 9.72. The Hall–Kier alpha value is -1.82.